The number of hydrogen-bond donors (Lipinski definition) is 1. The number of ether oxygens (including phenoxy) is 3. The van der Waals surface area contributed by atoms with Crippen molar-refractivity contribution in [2.24, 2.45) is 5.92 Å². The Bertz CT molecular complexity index is 1520. The van der Waals surface area contributed by atoms with Gasteiger partial charge >= 0.3 is 18.4 Å². The normalized spacial score (nSPS) is 19.5. The Morgan fingerprint density at radius 1 is 1.12 bits per heavy atom. The second kappa shape index (κ2) is 11.1. The Morgan fingerprint density at radius 2 is 1.81 bits per heavy atom. The van der Waals surface area contributed by atoms with Gasteiger partial charge in [-0.15, -0.1) is 8.78 Å². The van der Waals surface area contributed by atoms with E-state index in [1.807, 2.05) is 0 Å². The molecule has 0 spiro atoms. The molecule has 1 N–H and O–H groups in total. The van der Waals surface area contributed by atoms with Gasteiger partial charge in [-0.05, 0) is 56.0 Å². The van der Waals surface area contributed by atoms with Crippen molar-refractivity contribution in [1.29, 1.82) is 0 Å². The van der Waals surface area contributed by atoms with Crippen molar-refractivity contribution in [1.82, 2.24) is 9.78 Å². The summed E-state index contributed by atoms with van der Waals surface area (Å²) in [5.41, 5.74) is -1.09. The summed E-state index contributed by atoms with van der Waals surface area (Å²) in [5.74, 6) is -2.47. The van der Waals surface area contributed by atoms with Gasteiger partial charge in [0.2, 0.25) is 0 Å². The third-order valence-electron chi connectivity index (χ3n) is 7.08. The molecule has 224 valence electrons. The van der Waals surface area contributed by atoms with Gasteiger partial charge in [0.05, 0.1) is 35.0 Å². The van der Waals surface area contributed by atoms with Gasteiger partial charge in [0.1, 0.15) is 0 Å². The highest BCUT2D eigenvalue weighted by molar-refractivity contribution is 6.32. The molecule has 0 unspecified atom stereocenters. The molecule has 1 aliphatic carbocycles. The maximum atomic E-state index is 13.7. The molecule has 1 aliphatic heterocycles. The minimum absolute atomic E-state index is 0.0528. The van der Waals surface area contributed by atoms with Gasteiger partial charge in [-0.25, -0.2) is 4.68 Å². The number of benzene rings is 2. The molecule has 2 heterocycles. The van der Waals surface area contributed by atoms with Crippen LogP contribution < -0.4 is 14.4 Å². The number of carboxylic acid groups (broad SMARTS) is 1. The van der Waals surface area contributed by atoms with Crippen molar-refractivity contribution >= 4 is 29.2 Å². The van der Waals surface area contributed by atoms with E-state index in [-0.39, 0.29) is 46.8 Å². The van der Waals surface area contributed by atoms with E-state index in [4.69, 9.17) is 16.3 Å². The number of aromatic nitrogens is 2. The summed E-state index contributed by atoms with van der Waals surface area (Å²) in [4.78, 5) is 25.6. The molecule has 1 fully saturated rings. The summed E-state index contributed by atoms with van der Waals surface area (Å²) in [5, 5.41) is 12.2. The van der Waals surface area contributed by atoms with Crippen LogP contribution in [0.25, 0.3) is 5.69 Å². The number of fused-ring (bicyclic) bond motifs is 1. The smallest absolute Gasteiger partial charge is 0.481 e. The first-order chi connectivity index (χ1) is 19.7. The van der Waals surface area contributed by atoms with Crippen molar-refractivity contribution in [2.75, 3.05) is 11.9 Å². The lowest BCUT2D eigenvalue weighted by Crippen LogP contribution is -2.26. The van der Waals surface area contributed by atoms with E-state index in [1.54, 1.807) is 0 Å². The predicted octanol–water partition coefficient (Wildman–Crippen LogP) is 6.30. The van der Waals surface area contributed by atoms with Crippen molar-refractivity contribution in [2.45, 2.75) is 50.9 Å². The quantitative estimate of drug-likeness (QED) is 0.311. The van der Waals surface area contributed by atoms with Crippen LogP contribution in [0.15, 0.2) is 42.5 Å². The van der Waals surface area contributed by atoms with Gasteiger partial charge in [0.25, 0.3) is 5.91 Å². The van der Waals surface area contributed by atoms with Crippen LogP contribution >= 0.6 is 11.6 Å². The maximum absolute atomic E-state index is 13.7. The Labute approximate surface area is 240 Å². The Morgan fingerprint density at radius 3 is 2.48 bits per heavy atom. The number of alkyl halides is 5. The van der Waals surface area contributed by atoms with Gasteiger partial charge in [-0.3, -0.25) is 9.59 Å². The lowest BCUT2D eigenvalue weighted by Gasteiger charge is -2.26. The zero-order valence-corrected chi connectivity index (χ0v) is 22.6. The highest BCUT2D eigenvalue weighted by Gasteiger charge is 2.44. The van der Waals surface area contributed by atoms with E-state index < -0.39 is 41.0 Å². The van der Waals surface area contributed by atoms with Crippen LogP contribution in [0.4, 0.5) is 27.6 Å². The number of amides is 1. The minimum atomic E-state index is -4.87. The van der Waals surface area contributed by atoms with Crippen molar-refractivity contribution in [3.8, 4) is 17.2 Å². The van der Waals surface area contributed by atoms with Gasteiger partial charge in [0, 0.05) is 24.4 Å². The van der Waals surface area contributed by atoms with Crippen LogP contribution in [-0.4, -0.2) is 46.2 Å². The van der Waals surface area contributed by atoms with E-state index in [2.05, 4.69) is 14.6 Å². The molecule has 5 rings (SSSR count). The number of aliphatic carboxylic acids is 1. The first-order valence-electron chi connectivity index (χ1n) is 12.7. The number of rotatable bonds is 7. The van der Waals surface area contributed by atoms with Crippen LogP contribution in [0.3, 0.4) is 0 Å². The van der Waals surface area contributed by atoms with E-state index >= 15 is 0 Å². The van der Waals surface area contributed by atoms with Crippen LogP contribution in [-0.2, 0) is 22.3 Å². The molecule has 15 heteroatoms. The van der Waals surface area contributed by atoms with Crippen molar-refractivity contribution in [3.63, 3.8) is 0 Å². The van der Waals surface area contributed by atoms with E-state index in [0.29, 0.717) is 25.7 Å². The molecule has 3 aromatic rings. The van der Waals surface area contributed by atoms with Crippen molar-refractivity contribution < 1.29 is 50.9 Å². The van der Waals surface area contributed by atoms with Crippen molar-refractivity contribution in [3.05, 3.63) is 64.4 Å². The second-order valence-corrected chi connectivity index (χ2v) is 10.2. The van der Waals surface area contributed by atoms with Gasteiger partial charge in [0.15, 0.2) is 17.2 Å². The third kappa shape index (κ3) is 6.00. The average molecular weight is 616 g/mol. The maximum Gasteiger partial charge on any atom is 0.586 e. The molecular weight excluding hydrogens is 593 g/mol. The molecule has 0 radical (unpaired) electrons. The minimum Gasteiger partial charge on any atom is -0.481 e. The first kappa shape index (κ1) is 29.6. The average Bonchev–Trinajstić information content (AvgIpc) is 3.45. The zero-order chi connectivity index (χ0) is 30.4. The number of carbonyl (C=O) groups excluding carboxylic acids is 1. The van der Waals surface area contributed by atoms with E-state index in [9.17, 15) is 36.6 Å². The van der Waals surface area contributed by atoms with Gasteiger partial charge < -0.3 is 24.2 Å². The number of nitrogens with zero attached hydrogens (tertiary/aromatic N) is 3. The molecule has 1 amide bonds. The first-order valence-corrected chi connectivity index (χ1v) is 13.1. The summed E-state index contributed by atoms with van der Waals surface area (Å²) in [6.07, 6.45) is -7.49. The fraction of sp³-hybridized carbons (Fsp3) is 0.370. The summed E-state index contributed by atoms with van der Waals surface area (Å²) in [6.45, 7) is -0.343. The number of carbonyl (C=O) groups is 2. The zero-order valence-electron chi connectivity index (χ0n) is 21.8. The van der Waals surface area contributed by atoms with Crippen LogP contribution in [0.1, 0.15) is 47.4 Å². The highest BCUT2D eigenvalue weighted by atomic mass is 35.5. The third-order valence-corrected chi connectivity index (χ3v) is 7.48. The lowest BCUT2D eigenvalue weighted by molar-refractivity contribution is -0.286. The molecule has 2 aromatic carbocycles. The van der Waals surface area contributed by atoms with Crippen LogP contribution in [0.2, 0.25) is 5.02 Å². The molecule has 9 nitrogen and oxygen atoms in total. The molecule has 1 aromatic heterocycles. The summed E-state index contributed by atoms with van der Waals surface area (Å²) in [7, 11) is 1.38. The monoisotopic (exact) mass is 615 g/mol. The van der Waals surface area contributed by atoms with Gasteiger partial charge in [-0.2, -0.15) is 18.3 Å². The summed E-state index contributed by atoms with van der Waals surface area (Å²) < 4.78 is 83.6. The molecule has 0 saturated heterocycles. The molecule has 0 bridgehead atoms. The standard InChI is InChI=1S/C27H23ClF5N3O6/c1-35(16-7-10-20-21(12-16)42-27(32,33)41-20)24(37)15-3-2-4-17(11-15)36-19(22(28)23(34-36)26(29,30)31)13-40-18-8-5-14(6-9-18)25(38)39/h2-4,7,10-12,14,18H,5-6,8-9,13H2,1H3,(H,38,39). The largest absolute Gasteiger partial charge is 0.586 e. The van der Waals surface area contributed by atoms with Crippen LogP contribution in [0, 0.1) is 5.92 Å². The number of anilines is 1. The topological polar surface area (TPSA) is 103 Å². The van der Waals surface area contributed by atoms with E-state index in [1.165, 1.54) is 49.5 Å². The number of halogens is 6. The Kier molecular flexibility index (Phi) is 7.79. The number of carboxylic acids is 1. The number of hydrogen-bond acceptors (Lipinski definition) is 6. The molecule has 2 aliphatic rings. The SMILES string of the molecule is CN(C(=O)c1cccc(-n2nc(C(F)(F)F)c(Cl)c2COC2CCC(C(=O)O)CC2)c1)c1ccc2c(c1)OC(F)(F)O2. The lowest BCUT2D eigenvalue weighted by atomic mass is 9.87. The second-order valence-electron chi connectivity index (χ2n) is 9.85. The predicted molar refractivity (Wildman–Crippen MR) is 137 cm³/mol. The molecule has 0 atom stereocenters. The Balaban J connectivity index is 1.39. The highest BCUT2D eigenvalue weighted by Crippen LogP contribution is 2.43. The van der Waals surface area contributed by atoms with Gasteiger partial charge in [-0.1, -0.05) is 17.7 Å². The van der Waals surface area contributed by atoms with Crippen LogP contribution in [0.5, 0.6) is 11.5 Å². The fourth-order valence-corrected chi connectivity index (χ4v) is 5.13. The fourth-order valence-electron chi connectivity index (χ4n) is 4.85. The van der Waals surface area contributed by atoms with E-state index in [0.717, 1.165) is 9.58 Å². The summed E-state index contributed by atoms with van der Waals surface area (Å²) >= 11 is 6.13. The molecule has 42 heavy (non-hydrogen) atoms. The Hall–Kier alpha value is -3.91. The summed E-state index contributed by atoms with van der Waals surface area (Å²) in [6, 6.07) is 9.40. The molecular formula is C27H23ClF5N3O6. The molecule has 1 saturated carbocycles.